The van der Waals surface area contributed by atoms with Crippen molar-refractivity contribution in [3.05, 3.63) is 45.7 Å². The Kier molecular flexibility index (Phi) is 3.42. The molecule has 0 aliphatic carbocycles. The van der Waals surface area contributed by atoms with E-state index in [9.17, 15) is 9.59 Å². The Labute approximate surface area is 111 Å². The Hall–Kier alpha value is -2.10. The molecule has 0 amide bonds. The van der Waals surface area contributed by atoms with Gasteiger partial charge < -0.3 is 9.67 Å². The van der Waals surface area contributed by atoms with Gasteiger partial charge in [0.15, 0.2) is 0 Å². The maximum atomic E-state index is 11.8. The highest BCUT2D eigenvalue weighted by Crippen LogP contribution is 2.23. The fourth-order valence-corrected chi connectivity index (χ4v) is 2.21. The van der Waals surface area contributed by atoms with Crippen molar-refractivity contribution in [3.63, 3.8) is 0 Å². The van der Waals surface area contributed by atoms with Crippen LogP contribution >= 0.6 is 0 Å². The van der Waals surface area contributed by atoms with Crippen LogP contribution < -0.4 is 5.56 Å². The van der Waals surface area contributed by atoms with E-state index in [2.05, 4.69) is 13.8 Å². The Balaban J connectivity index is 2.78. The van der Waals surface area contributed by atoms with Crippen LogP contribution in [-0.2, 0) is 18.3 Å². The topological polar surface area (TPSA) is 59.3 Å². The Morgan fingerprint density at radius 2 is 2.00 bits per heavy atom. The smallest absolute Gasteiger partial charge is 0.307 e. The number of carboxylic acid groups (broad SMARTS) is 1. The van der Waals surface area contributed by atoms with Crippen LogP contribution in [0.2, 0.25) is 0 Å². The van der Waals surface area contributed by atoms with Crippen molar-refractivity contribution < 1.29 is 9.90 Å². The average molecular weight is 259 g/mol. The van der Waals surface area contributed by atoms with Gasteiger partial charge in [0.05, 0.1) is 11.9 Å². The first-order valence-electron chi connectivity index (χ1n) is 6.24. The Morgan fingerprint density at radius 1 is 1.32 bits per heavy atom. The lowest BCUT2D eigenvalue weighted by atomic mass is 9.98. The van der Waals surface area contributed by atoms with Gasteiger partial charge in [0.1, 0.15) is 0 Å². The molecule has 0 aliphatic heterocycles. The lowest BCUT2D eigenvalue weighted by Gasteiger charge is -2.12. The number of pyridine rings is 1. The molecule has 0 saturated heterocycles. The minimum Gasteiger partial charge on any atom is -0.481 e. The maximum absolute atomic E-state index is 11.8. The number of aliphatic carboxylic acids is 1. The molecule has 2 rings (SSSR count). The first kappa shape index (κ1) is 13.3. The number of hydrogen-bond donors (Lipinski definition) is 1. The Morgan fingerprint density at radius 3 is 2.58 bits per heavy atom. The number of fused-ring (bicyclic) bond motifs is 1. The molecule has 1 N–H and O–H groups in total. The summed E-state index contributed by atoms with van der Waals surface area (Å²) in [5.41, 5.74) is 2.31. The summed E-state index contributed by atoms with van der Waals surface area (Å²) in [4.78, 5) is 22.7. The molecule has 4 nitrogen and oxygen atoms in total. The number of aryl methyl sites for hydroxylation is 1. The minimum atomic E-state index is -0.926. The monoisotopic (exact) mass is 259 g/mol. The third kappa shape index (κ3) is 2.52. The quantitative estimate of drug-likeness (QED) is 0.920. The van der Waals surface area contributed by atoms with E-state index in [1.54, 1.807) is 11.6 Å². The molecule has 0 atom stereocenters. The van der Waals surface area contributed by atoms with Gasteiger partial charge in [-0.15, -0.1) is 0 Å². The van der Waals surface area contributed by atoms with Gasteiger partial charge in [-0.2, -0.15) is 0 Å². The van der Waals surface area contributed by atoms with Crippen LogP contribution in [0.3, 0.4) is 0 Å². The van der Waals surface area contributed by atoms with Crippen molar-refractivity contribution in [2.75, 3.05) is 0 Å². The normalized spacial score (nSPS) is 11.2. The second kappa shape index (κ2) is 4.88. The Bertz CT molecular complexity index is 698. The van der Waals surface area contributed by atoms with Gasteiger partial charge in [0, 0.05) is 18.5 Å². The molecule has 19 heavy (non-hydrogen) atoms. The second-order valence-corrected chi connectivity index (χ2v) is 5.07. The highest BCUT2D eigenvalue weighted by atomic mass is 16.4. The lowest BCUT2D eigenvalue weighted by Crippen LogP contribution is -2.18. The summed E-state index contributed by atoms with van der Waals surface area (Å²) in [6.07, 6.45) is -0.131. The van der Waals surface area contributed by atoms with E-state index in [1.807, 2.05) is 18.2 Å². The second-order valence-electron chi connectivity index (χ2n) is 5.07. The molecule has 0 aliphatic rings. The summed E-state index contributed by atoms with van der Waals surface area (Å²) in [5, 5.41) is 9.80. The van der Waals surface area contributed by atoms with Gasteiger partial charge in [-0.05, 0) is 29.2 Å². The van der Waals surface area contributed by atoms with Crippen LogP contribution in [0.15, 0.2) is 29.1 Å². The van der Waals surface area contributed by atoms with Crippen molar-refractivity contribution in [1.82, 2.24) is 4.57 Å². The van der Waals surface area contributed by atoms with E-state index in [4.69, 9.17) is 5.11 Å². The van der Waals surface area contributed by atoms with E-state index in [1.165, 1.54) is 6.07 Å². The number of carboxylic acids is 1. The molecule has 0 unspecified atom stereocenters. The van der Waals surface area contributed by atoms with Crippen LogP contribution in [0, 0.1) is 0 Å². The SMILES string of the molecule is CC(C)c1ccc2c(c1)c(CC(=O)O)cc(=O)n2C. The third-order valence-corrected chi connectivity index (χ3v) is 3.36. The van der Waals surface area contributed by atoms with Gasteiger partial charge in [0.25, 0.3) is 5.56 Å². The third-order valence-electron chi connectivity index (χ3n) is 3.36. The molecular weight excluding hydrogens is 242 g/mol. The molecule has 1 heterocycles. The molecule has 1 aromatic heterocycles. The largest absolute Gasteiger partial charge is 0.481 e. The summed E-state index contributed by atoms with van der Waals surface area (Å²) >= 11 is 0. The predicted octanol–water partition coefficient (Wildman–Crippen LogP) is 2.29. The van der Waals surface area contributed by atoms with Crippen LogP contribution in [-0.4, -0.2) is 15.6 Å². The molecule has 0 spiro atoms. The molecule has 4 heteroatoms. The summed E-state index contributed by atoms with van der Waals surface area (Å²) in [5.74, 6) is -0.566. The molecule has 0 bridgehead atoms. The molecule has 0 saturated carbocycles. The van der Waals surface area contributed by atoms with Crippen molar-refractivity contribution in [3.8, 4) is 0 Å². The van der Waals surface area contributed by atoms with E-state index >= 15 is 0 Å². The summed E-state index contributed by atoms with van der Waals surface area (Å²) in [6, 6.07) is 7.27. The maximum Gasteiger partial charge on any atom is 0.307 e. The molecule has 1 aromatic carbocycles. The fourth-order valence-electron chi connectivity index (χ4n) is 2.21. The van der Waals surface area contributed by atoms with Gasteiger partial charge >= 0.3 is 5.97 Å². The number of nitrogens with zero attached hydrogens (tertiary/aromatic N) is 1. The zero-order valence-electron chi connectivity index (χ0n) is 11.3. The van der Waals surface area contributed by atoms with Crippen molar-refractivity contribution in [1.29, 1.82) is 0 Å². The predicted molar refractivity (Wildman–Crippen MR) is 74.6 cm³/mol. The zero-order valence-corrected chi connectivity index (χ0v) is 11.3. The van der Waals surface area contributed by atoms with Crippen LogP contribution in [0.25, 0.3) is 10.9 Å². The summed E-state index contributed by atoms with van der Waals surface area (Å²) in [7, 11) is 1.70. The minimum absolute atomic E-state index is 0.131. The summed E-state index contributed by atoms with van der Waals surface area (Å²) < 4.78 is 1.55. The number of aromatic nitrogens is 1. The van der Waals surface area contributed by atoms with Crippen molar-refractivity contribution >= 4 is 16.9 Å². The first-order chi connectivity index (χ1) is 8.90. The van der Waals surface area contributed by atoms with Crippen LogP contribution in [0.1, 0.15) is 30.9 Å². The van der Waals surface area contributed by atoms with E-state index in [0.29, 0.717) is 11.5 Å². The van der Waals surface area contributed by atoms with Gasteiger partial charge in [-0.1, -0.05) is 19.9 Å². The van der Waals surface area contributed by atoms with Gasteiger partial charge in [-0.3, -0.25) is 9.59 Å². The van der Waals surface area contributed by atoms with Crippen molar-refractivity contribution in [2.45, 2.75) is 26.2 Å². The van der Waals surface area contributed by atoms with Gasteiger partial charge in [-0.25, -0.2) is 0 Å². The van der Waals surface area contributed by atoms with Crippen LogP contribution in [0.5, 0.6) is 0 Å². The lowest BCUT2D eigenvalue weighted by molar-refractivity contribution is -0.136. The number of rotatable bonds is 3. The first-order valence-corrected chi connectivity index (χ1v) is 6.24. The standard InChI is InChI=1S/C15H17NO3/c1-9(2)10-4-5-13-12(6-10)11(8-15(18)19)7-14(17)16(13)3/h4-7,9H,8H2,1-3H3,(H,18,19). The molecule has 0 radical (unpaired) electrons. The van der Waals surface area contributed by atoms with Crippen LogP contribution in [0.4, 0.5) is 0 Å². The zero-order chi connectivity index (χ0) is 14.2. The average Bonchev–Trinajstić information content (AvgIpc) is 2.34. The highest BCUT2D eigenvalue weighted by Gasteiger charge is 2.11. The van der Waals surface area contributed by atoms with E-state index < -0.39 is 5.97 Å². The molecule has 100 valence electrons. The van der Waals surface area contributed by atoms with Gasteiger partial charge in [0.2, 0.25) is 0 Å². The fraction of sp³-hybridized carbons (Fsp3) is 0.333. The van der Waals surface area contributed by atoms with E-state index in [0.717, 1.165) is 16.5 Å². The summed E-state index contributed by atoms with van der Waals surface area (Å²) in [6.45, 7) is 4.17. The van der Waals surface area contributed by atoms with E-state index in [-0.39, 0.29) is 12.0 Å². The number of hydrogen-bond acceptors (Lipinski definition) is 2. The highest BCUT2D eigenvalue weighted by molar-refractivity contribution is 5.87. The van der Waals surface area contributed by atoms with Crippen molar-refractivity contribution in [2.24, 2.45) is 7.05 Å². The number of benzene rings is 1. The molecular formula is C15H17NO3. The molecule has 2 aromatic rings. The molecule has 0 fully saturated rings. The number of carbonyl (C=O) groups is 1.